The quantitative estimate of drug-likeness (QED) is 0.469. The van der Waals surface area contributed by atoms with Gasteiger partial charge in [-0.25, -0.2) is 0 Å². The van der Waals surface area contributed by atoms with Crippen LogP contribution >= 0.6 is 0 Å². The fraction of sp³-hybridized carbons (Fsp3) is 0.259. The number of phenols is 1. The molecule has 0 fully saturated rings. The number of hydrogen-bond donors (Lipinski definition) is 1. The first kappa shape index (κ1) is 22.3. The Labute approximate surface area is 185 Å². The van der Waals surface area contributed by atoms with Gasteiger partial charge in [-0.1, -0.05) is 54.6 Å². The molecule has 162 valence electrons. The Morgan fingerprint density at radius 2 is 1.58 bits per heavy atom. The molecule has 0 radical (unpaired) electrons. The van der Waals surface area contributed by atoms with Crippen LogP contribution in [-0.4, -0.2) is 30.3 Å². The zero-order chi connectivity index (χ0) is 22.4. The summed E-state index contributed by atoms with van der Waals surface area (Å²) >= 11 is 0. The van der Waals surface area contributed by atoms with Gasteiger partial charge in [-0.15, -0.1) is 0 Å². The van der Waals surface area contributed by atoms with Gasteiger partial charge in [-0.3, -0.25) is 0 Å². The summed E-state index contributed by atoms with van der Waals surface area (Å²) in [5, 5.41) is 9.81. The summed E-state index contributed by atoms with van der Waals surface area (Å²) in [4.78, 5) is 2.19. The molecule has 0 amide bonds. The first-order valence-corrected chi connectivity index (χ1v) is 10.5. The molecule has 4 nitrogen and oxygen atoms in total. The molecular formula is C27H31NO3. The lowest BCUT2D eigenvalue weighted by molar-refractivity contribution is 0.229. The maximum absolute atomic E-state index is 9.81. The van der Waals surface area contributed by atoms with E-state index in [2.05, 4.69) is 49.3 Å². The summed E-state index contributed by atoms with van der Waals surface area (Å²) in [6, 6.07) is 23.7. The van der Waals surface area contributed by atoms with Crippen molar-refractivity contribution >= 4 is 5.57 Å². The molecule has 0 aliphatic rings. The number of hydrogen-bond acceptors (Lipinski definition) is 4. The van der Waals surface area contributed by atoms with Gasteiger partial charge in [-0.05, 0) is 50.1 Å². The monoisotopic (exact) mass is 417 g/mol. The minimum atomic E-state index is -0.00269. The van der Waals surface area contributed by atoms with Gasteiger partial charge in [0.15, 0.2) is 11.5 Å². The molecule has 0 unspecified atom stereocenters. The van der Waals surface area contributed by atoms with Crippen molar-refractivity contribution < 1.29 is 14.6 Å². The van der Waals surface area contributed by atoms with Crippen LogP contribution in [-0.2, 0) is 0 Å². The number of phenolic OH excluding ortho intramolecular Hbond substituents is 1. The molecule has 3 aromatic rings. The highest BCUT2D eigenvalue weighted by molar-refractivity contribution is 5.84. The van der Waals surface area contributed by atoms with Gasteiger partial charge in [-0.2, -0.15) is 0 Å². The average molecular weight is 418 g/mol. The second-order valence-electron chi connectivity index (χ2n) is 7.85. The summed E-state index contributed by atoms with van der Waals surface area (Å²) in [5.41, 5.74) is 4.13. The van der Waals surface area contributed by atoms with Crippen LogP contribution in [0.2, 0.25) is 0 Å². The van der Waals surface area contributed by atoms with E-state index in [0.29, 0.717) is 11.5 Å². The van der Waals surface area contributed by atoms with Gasteiger partial charge in [0.05, 0.1) is 19.3 Å². The number of methoxy groups -OCH3 is 1. The van der Waals surface area contributed by atoms with Crippen molar-refractivity contribution in [1.82, 2.24) is 4.90 Å². The van der Waals surface area contributed by atoms with Crippen LogP contribution in [0.15, 0.2) is 79.0 Å². The van der Waals surface area contributed by atoms with Crippen LogP contribution in [0.4, 0.5) is 0 Å². The van der Waals surface area contributed by atoms with Crippen molar-refractivity contribution in [2.75, 3.05) is 14.2 Å². The minimum Gasteiger partial charge on any atom is -0.508 e. The Bertz CT molecular complexity index is 1010. The molecule has 1 atom stereocenters. The van der Waals surface area contributed by atoms with Crippen molar-refractivity contribution in [1.29, 1.82) is 0 Å². The summed E-state index contributed by atoms with van der Waals surface area (Å²) < 4.78 is 11.8. The number of nitrogens with zero attached hydrogens (tertiary/aromatic N) is 1. The molecule has 0 aliphatic heterocycles. The third kappa shape index (κ3) is 5.40. The number of benzene rings is 3. The van der Waals surface area contributed by atoms with Gasteiger partial charge in [0.25, 0.3) is 0 Å². The number of ether oxygens (including phenoxy) is 2. The van der Waals surface area contributed by atoms with Gasteiger partial charge in [0, 0.05) is 24.4 Å². The topological polar surface area (TPSA) is 41.9 Å². The molecule has 4 heteroatoms. The maximum atomic E-state index is 9.81. The summed E-state index contributed by atoms with van der Waals surface area (Å²) in [6.07, 6.45) is 2.13. The van der Waals surface area contributed by atoms with E-state index >= 15 is 0 Å². The molecule has 0 aromatic heterocycles. The fourth-order valence-corrected chi connectivity index (χ4v) is 3.47. The lowest BCUT2D eigenvalue weighted by Crippen LogP contribution is -2.17. The number of aromatic hydroxyl groups is 1. The van der Waals surface area contributed by atoms with E-state index in [1.165, 1.54) is 5.56 Å². The predicted octanol–water partition coefficient (Wildman–Crippen LogP) is 6.27. The first-order chi connectivity index (χ1) is 14.9. The Hall–Kier alpha value is -3.40. The van der Waals surface area contributed by atoms with E-state index < -0.39 is 0 Å². The van der Waals surface area contributed by atoms with Gasteiger partial charge >= 0.3 is 0 Å². The third-order valence-electron chi connectivity index (χ3n) is 5.25. The summed E-state index contributed by atoms with van der Waals surface area (Å²) in [6.45, 7) is 6.19. The molecule has 0 bridgehead atoms. The van der Waals surface area contributed by atoms with Crippen LogP contribution in [0.3, 0.4) is 0 Å². The Morgan fingerprint density at radius 1 is 0.903 bits per heavy atom. The standard InChI is InChI=1S/C27H31NO3/c1-19(2)31-27-24(12-9-13-26(27)30-5)25(22-14-16-23(29)17-15-22)18-28(4)20(3)21-10-7-6-8-11-21/h6-20,29H,1-5H3/b25-18+/t20-/m1/s1. The predicted molar refractivity (Wildman–Crippen MR) is 127 cm³/mol. The molecule has 0 spiro atoms. The summed E-state index contributed by atoms with van der Waals surface area (Å²) in [5.74, 6) is 1.63. The number of para-hydroxylation sites is 1. The smallest absolute Gasteiger partial charge is 0.169 e. The molecule has 3 rings (SSSR count). The minimum absolute atomic E-state index is 0.00269. The highest BCUT2D eigenvalue weighted by Crippen LogP contribution is 2.39. The lowest BCUT2D eigenvalue weighted by atomic mass is 9.96. The molecule has 0 saturated carbocycles. The van der Waals surface area contributed by atoms with E-state index in [1.54, 1.807) is 19.2 Å². The van der Waals surface area contributed by atoms with Gasteiger partial charge in [0.2, 0.25) is 0 Å². The Kier molecular flexibility index (Phi) is 7.24. The summed E-state index contributed by atoms with van der Waals surface area (Å²) in [7, 11) is 3.72. The van der Waals surface area contributed by atoms with E-state index in [-0.39, 0.29) is 17.9 Å². The van der Waals surface area contributed by atoms with E-state index in [0.717, 1.165) is 16.7 Å². The SMILES string of the molecule is COc1cccc(/C(=C/N(C)[C@H](C)c2ccccc2)c2ccc(O)cc2)c1OC(C)C. The van der Waals surface area contributed by atoms with Crippen molar-refractivity contribution in [2.24, 2.45) is 0 Å². The molecule has 31 heavy (non-hydrogen) atoms. The lowest BCUT2D eigenvalue weighted by Gasteiger charge is -2.26. The second kappa shape index (κ2) is 10.1. The van der Waals surface area contributed by atoms with E-state index in [9.17, 15) is 5.11 Å². The van der Waals surface area contributed by atoms with Gasteiger partial charge in [0.1, 0.15) is 5.75 Å². The fourth-order valence-electron chi connectivity index (χ4n) is 3.47. The molecular weight excluding hydrogens is 386 g/mol. The second-order valence-corrected chi connectivity index (χ2v) is 7.85. The highest BCUT2D eigenvalue weighted by Gasteiger charge is 2.19. The normalized spacial score (nSPS) is 12.5. The average Bonchev–Trinajstić information content (AvgIpc) is 2.78. The van der Waals surface area contributed by atoms with Crippen LogP contribution in [0.25, 0.3) is 5.57 Å². The van der Waals surface area contributed by atoms with Crippen LogP contribution in [0, 0.1) is 0 Å². The molecule has 0 aliphatic carbocycles. The molecule has 0 heterocycles. The van der Waals surface area contributed by atoms with Gasteiger partial charge < -0.3 is 19.5 Å². The van der Waals surface area contributed by atoms with Crippen molar-refractivity contribution in [3.05, 3.63) is 95.7 Å². The van der Waals surface area contributed by atoms with E-state index in [1.807, 2.05) is 50.2 Å². The Morgan fingerprint density at radius 3 is 2.19 bits per heavy atom. The first-order valence-electron chi connectivity index (χ1n) is 10.5. The maximum Gasteiger partial charge on any atom is 0.169 e. The van der Waals surface area contributed by atoms with Crippen LogP contribution in [0.1, 0.15) is 43.5 Å². The van der Waals surface area contributed by atoms with Crippen LogP contribution < -0.4 is 9.47 Å². The highest BCUT2D eigenvalue weighted by atomic mass is 16.5. The third-order valence-corrected chi connectivity index (χ3v) is 5.25. The number of rotatable bonds is 8. The Balaban J connectivity index is 2.14. The van der Waals surface area contributed by atoms with Crippen molar-refractivity contribution in [3.63, 3.8) is 0 Å². The van der Waals surface area contributed by atoms with Crippen molar-refractivity contribution in [2.45, 2.75) is 32.9 Å². The zero-order valence-corrected chi connectivity index (χ0v) is 18.9. The van der Waals surface area contributed by atoms with Crippen molar-refractivity contribution in [3.8, 4) is 17.2 Å². The molecule has 3 aromatic carbocycles. The molecule has 0 saturated heterocycles. The molecule has 1 N–H and O–H groups in total. The largest absolute Gasteiger partial charge is 0.508 e. The van der Waals surface area contributed by atoms with Crippen LogP contribution in [0.5, 0.6) is 17.2 Å². The zero-order valence-electron chi connectivity index (χ0n) is 18.9. The van der Waals surface area contributed by atoms with E-state index in [4.69, 9.17) is 9.47 Å².